The van der Waals surface area contributed by atoms with Gasteiger partial charge in [0, 0.05) is 6.54 Å². The molecule has 2 rings (SSSR count). The van der Waals surface area contributed by atoms with Crippen molar-refractivity contribution < 1.29 is 23.5 Å². The van der Waals surface area contributed by atoms with Crippen molar-refractivity contribution in [1.29, 1.82) is 0 Å². The van der Waals surface area contributed by atoms with Crippen LogP contribution in [0.5, 0.6) is 11.5 Å². The number of hydrogen-bond acceptors (Lipinski definition) is 5. The van der Waals surface area contributed by atoms with Gasteiger partial charge in [-0.2, -0.15) is 5.10 Å². The summed E-state index contributed by atoms with van der Waals surface area (Å²) in [6.45, 7) is 0.267. The van der Waals surface area contributed by atoms with E-state index in [0.29, 0.717) is 23.5 Å². The number of nitrogens with zero attached hydrogens (tertiary/aromatic N) is 1. The molecular formula is C19H20FN3O4. The minimum absolute atomic E-state index is 0.267. The zero-order valence-electron chi connectivity index (χ0n) is 15.0. The lowest BCUT2D eigenvalue weighted by Gasteiger charge is -2.09. The summed E-state index contributed by atoms with van der Waals surface area (Å²) in [5.41, 5.74) is 3.62. The SMILES string of the molecule is COc1ccc(CCNC(=O)C(=O)N/N=C\c2ccc(F)cc2)cc1OC. The van der Waals surface area contributed by atoms with E-state index in [4.69, 9.17) is 9.47 Å². The number of halogens is 1. The summed E-state index contributed by atoms with van der Waals surface area (Å²) in [6, 6.07) is 10.9. The fraction of sp³-hybridized carbons (Fsp3) is 0.211. The van der Waals surface area contributed by atoms with Crippen LogP contribution < -0.4 is 20.2 Å². The summed E-state index contributed by atoms with van der Waals surface area (Å²) in [5, 5.41) is 6.17. The predicted octanol–water partition coefficient (Wildman–Crippen LogP) is 1.65. The number of nitrogens with one attached hydrogen (secondary N) is 2. The van der Waals surface area contributed by atoms with Gasteiger partial charge in [0.25, 0.3) is 0 Å². The minimum atomic E-state index is -0.888. The third-order valence-electron chi connectivity index (χ3n) is 3.60. The third kappa shape index (κ3) is 6.10. The summed E-state index contributed by atoms with van der Waals surface area (Å²) >= 11 is 0. The lowest BCUT2D eigenvalue weighted by Crippen LogP contribution is -2.38. The quantitative estimate of drug-likeness (QED) is 0.439. The Kier molecular flexibility index (Phi) is 7.30. The molecule has 0 bridgehead atoms. The van der Waals surface area contributed by atoms with Gasteiger partial charge in [-0.1, -0.05) is 18.2 Å². The van der Waals surface area contributed by atoms with Crippen molar-refractivity contribution in [2.75, 3.05) is 20.8 Å². The average Bonchev–Trinajstić information content (AvgIpc) is 2.69. The van der Waals surface area contributed by atoms with Gasteiger partial charge in [0.1, 0.15) is 5.82 Å². The van der Waals surface area contributed by atoms with Gasteiger partial charge >= 0.3 is 11.8 Å². The lowest BCUT2D eigenvalue weighted by atomic mass is 10.1. The normalized spacial score (nSPS) is 10.5. The highest BCUT2D eigenvalue weighted by atomic mass is 19.1. The second kappa shape index (κ2) is 9.91. The average molecular weight is 373 g/mol. The van der Waals surface area contributed by atoms with E-state index >= 15 is 0 Å². The number of ether oxygens (including phenoxy) is 2. The number of carbonyl (C=O) groups excluding carboxylic acids is 2. The highest BCUT2D eigenvalue weighted by molar-refractivity contribution is 6.35. The van der Waals surface area contributed by atoms with Crippen molar-refractivity contribution in [3.05, 3.63) is 59.4 Å². The van der Waals surface area contributed by atoms with Gasteiger partial charge < -0.3 is 14.8 Å². The van der Waals surface area contributed by atoms with E-state index in [1.54, 1.807) is 26.4 Å². The van der Waals surface area contributed by atoms with E-state index in [-0.39, 0.29) is 12.4 Å². The molecule has 0 aliphatic rings. The van der Waals surface area contributed by atoms with Crippen LogP contribution in [0.2, 0.25) is 0 Å². The first-order valence-corrected chi connectivity index (χ1v) is 8.11. The summed E-state index contributed by atoms with van der Waals surface area (Å²) < 4.78 is 23.2. The van der Waals surface area contributed by atoms with Gasteiger partial charge in [0.15, 0.2) is 11.5 Å². The first-order valence-electron chi connectivity index (χ1n) is 8.11. The van der Waals surface area contributed by atoms with Crippen LogP contribution >= 0.6 is 0 Å². The standard InChI is InChI=1S/C19H20FN3O4/c1-26-16-8-5-13(11-17(16)27-2)9-10-21-18(24)19(25)23-22-12-14-3-6-15(20)7-4-14/h3-8,11-12H,9-10H2,1-2H3,(H,21,24)(H,23,25)/b22-12-. The van der Waals surface area contributed by atoms with Crippen molar-refractivity contribution in [3.8, 4) is 11.5 Å². The number of hydrogen-bond donors (Lipinski definition) is 2. The molecule has 142 valence electrons. The van der Waals surface area contributed by atoms with E-state index in [9.17, 15) is 14.0 Å². The van der Waals surface area contributed by atoms with Crippen LogP contribution in [0.3, 0.4) is 0 Å². The molecule has 0 unspecified atom stereocenters. The summed E-state index contributed by atoms with van der Waals surface area (Å²) in [4.78, 5) is 23.4. The molecule has 0 heterocycles. The Labute approximate surface area is 156 Å². The largest absolute Gasteiger partial charge is 0.493 e. The predicted molar refractivity (Wildman–Crippen MR) is 98.4 cm³/mol. The fourth-order valence-electron chi connectivity index (χ4n) is 2.20. The molecule has 2 N–H and O–H groups in total. The van der Waals surface area contributed by atoms with E-state index < -0.39 is 11.8 Å². The molecular weight excluding hydrogens is 353 g/mol. The molecule has 27 heavy (non-hydrogen) atoms. The molecule has 8 heteroatoms. The number of rotatable bonds is 7. The van der Waals surface area contributed by atoms with Crippen LogP contribution in [0.1, 0.15) is 11.1 Å². The Morgan fingerprint density at radius 3 is 2.41 bits per heavy atom. The second-order valence-electron chi connectivity index (χ2n) is 5.45. The maximum absolute atomic E-state index is 12.8. The van der Waals surface area contributed by atoms with E-state index in [0.717, 1.165) is 5.56 Å². The summed E-state index contributed by atoms with van der Waals surface area (Å²) in [7, 11) is 3.09. The zero-order valence-corrected chi connectivity index (χ0v) is 15.0. The Morgan fingerprint density at radius 2 is 1.74 bits per heavy atom. The Morgan fingerprint density at radius 1 is 1.04 bits per heavy atom. The van der Waals surface area contributed by atoms with Crippen LogP contribution in [-0.4, -0.2) is 38.8 Å². The van der Waals surface area contributed by atoms with Crippen LogP contribution in [0, 0.1) is 5.82 Å². The van der Waals surface area contributed by atoms with Gasteiger partial charge in [0.05, 0.1) is 20.4 Å². The summed E-state index contributed by atoms with van der Waals surface area (Å²) in [5.74, 6) is -0.852. The monoisotopic (exact) mass is 373 g/mol. The molecule has 7 nitrogen and oxygen atoms in total. The first kappa shape index (κ1) is 19.9. The number of carbonyl (C=O) groups is 2. The van der Waals surface area contributed by atoms with Crippen LogP contribution in [0.25, 0.3) is 0 Å². The van der Waals surface area contributed by atoms with Crippen molar-refractivity contribution in [2.45, 2.75) is 6.42 Å². The summed E-state index contributed by atoms with van der Waals surface area (Å²) in [6.07, 6.45) is 1.83. The fourth-order valence-corrected chi connectivity index (χ4v) is 2.20. The highest BCUT2D eigenvalue weighted by Crippen LogP contribution is 2.27. The van der Waals surface area contributed by atoms with Crippen LogP contribution in [0.4, 0.5) is 4.39 Å². The molecule has 0 aliphatic heterocycles. The first-order chi connectivity index (χ1) is 13.0. The Balaban J connectivity index is 1.78. The van der Waals surface area contributed by atoms with Crippen molar-refractivity contribution >= 4 is 18.0 Å². The highest BCUT2D eigenvalue weighted by Gasteiger charge is 2.12. The molecule has 2 amide bonds. The molecule has 0 aliphatic carbocycles. The molecule has 0 fully saturated rings. The van der Waals surface area contributed by atoms with Gasteiger partial charge in [-0.05, 0) is 41.8 Å². The Bertz CT molecular complexity index is 822. The number of methoxy groups -OCH3 is 2. The molecule has 2 aromatic rings. The minimum Gasteiger partial charge on any atom is -0.493 e. The number of amides is 2. The molecule has 0 spiro atoms. The third-order valence-corrected chi connectivity index (χ3v) is 3.60. The van der Waals surface area contributed by atoms with E-state index in [1.807, 2.05) is 6.07 Å². The van der Waals surface area contributed by atoms with Crippen molar-refractivity contribution in [3.63, 3.8) is 0 Å². The molecule has 2 aromatic carbocycles. The molecule has 0 aromatic heterocycles. The second-order valence-corrected chi connectivity index (χ2v) is 5.45. The van der Waals surface area contributed by atoms with E-state index in [2.05, 4.69) is 15.8 Å². The van der Waals surface area contributed by atoms with Gasteiger partial charge in [-0.15, -0.1) is 0 Å². The number of hydrazone groups is 1. The molecule has 0 atom stereocenters. The van der Waals surface area contributed by atoms with Crippen molar-refractivity contribution in [2.24, 2.45) is 5.10 Å². The lowest BCUT2D eigenvalue weighted by molar-refractivity contribution is -0.139. The smallest absolute Gasteiger partial charge is 0.329 e. The molecule has 0 saturated carbocycles. The zero-order chi connectivity index (χ0) is 19.6. The Hall–Kier alpha value is -3.42. The molecule has 0 saturated heterocycles. The topological polar surface area (TPSA) is 89.0 Å². The van der Waals surface area contributed by atoms with Gasteiger partial charge in [0.2, 0.25) is 0 Å². The van der Waals surface area contributed by atoms with Gasteiger partial charge in [-0.3, -0.25) is 9.59 Å². The van der Waals surface area contributed by atoms with Crippen molar-refractivity contribution in [1.82, 2.24) is 10.7 Å². The maximum Gasteiger partial charge on any atom is 0.329 e. The van der Waals surface area contributed by atoms with Gasteiger partial charge in [-0.25, -0.2) is 9.82 Å². The number of benzene rings is 2. The van der Waals surface area contributed by atoms with E-state index in [1.165, 1.54) is 30.5 Å². The molecule has 0 radical (unpaired) electrons. The van der Waals surface area contributed by atoms with Crippen LogP contribution in [-0.2, 0) is 16.0 Å². The van der Waals surface area contributed by atoms with Crippen LogP contribution in [0.15, 0.2) is 47.6 Å². The maximum atomic E-state index is 12.8.